The van der Waals surface area contributed by atoms with Crippen LogP contribution in [0.25, 0.3) is 16.8 Å². The second kappa shape index (κ2) is 6.67. The van der Waals surface area contributed by atoms with E-state index in [-0.39, 0.29) is 0 Å². The van der Waals surface area contributed by atoms with Crippen LogP contribution >= 0.6 is 0 Å². The molecular formula is C16H21N7O2. The Morgan fingerprint density at radius 2 is 2.20 bits per heavy atom. The van der Waals surface area contributed by atoms with Gasteiger partial charge in [0.15, 0.2) is 11.3 Å². The highest BCUT2D eigenvalue weighted by atomic mass is 16.4. The maximum absolute atomic E-state index is 10.6. The molecule has 3 heterocycles. The van der Waals surface area contributed by atoms with E-state index in [0.29, 0.717) is 18.5 Å². The predicted octanol–water partition coefficient (Wildman–Crippen LogP) is 1.52. The first-order valence-electron chi connectivity index (χ1n) is 8.55. The molecule has 25 heavy (non-hydrogen) atoms. The number of nitrogens with one attached hydrogen (secondary N) is 3. The van der Waals surface area contributed by atoms with E-state index in [1.807, 2.05) is 10.6 Å². The van der Waals surface area contributed by atoms with Crippen molar-refractivity contribution in [3.63, 3.8) is 0 Å². The van der Waals surface area contributed by atoms with Gasteiger partial charge in [0, 0.05) is 30.9 Å². The lowest BCUT2D eigenvalue weighted by Gasteiger charge is -2.29. The van der Waals surface area contributed by atoms with Gasteiger partial charge in [-0.2, -0.15) is 0 Å². The normalized spacial score (nSPS) is 21.0. The van der Waals surface area contributed by atoms with E-state index in [4.69, 9.17) is 5.11 Å². The highest BCUT2D eigenvalue weighted by molar-refractivity contribution is 5.78. The summed E-state index contributed by atoms with van der Waals surface area (Å²) in [5.74, 6) is 0.447. The van der Waals surface area contributed by atoms with Crippen LogP contribution in [0, 0.1) is 5.92 Å². The zero-order chi connectivity index (χ0) is 17.2. The summed E-state index contributed by atoms with van der Waals surface area (Å²) in [4.78, 5) is 18.2. The van der Waals surface area contributed by atoms with E-state index in [1.165, 1.54) is 0 Å². The SMILES string of the molecule is O=C(O)NCC1CCC(NCc2c[nH]c3ncc4nncn4c23)CC1. The molecule has 1 aliphatic rings. The lowest BCUT2D eigenvalue weighted by atomic mass is 9.86. The minimum absolute atomic E-state index is 0.447. The van der Waals surface area contributed by atoms with E-state index in [1.54, 1.807) is 12.5 Å². The number of carboxylic acid groups (broad SMARTS) is 1. The molecule has 3 aromatic rings. The van der Waals surface area contributed by atoms with E-state index in [0.717, 1.165) is 54.6 Å². The maximum Gasteiger partial charge on any atom is 0.404 e. The van der Waals surface area contributed by atoms with Crippen molar-refractivity contribution in [2.45, 2.75) is 38.3 Å². The molecule has 0 atom stereocenters. The maximum atomic E-state index is 10.6. The molecule has 4 N–H and O–H groups in total. The van der Waals surface area contributed by atoms with Gasteiger partial charge in [0.2, 0.25) is 0 Å². The number of hydrogen-bond donors (Lipinski definition) is 4. The van der Waals surface area contributed by atoms with Gasteiger partial charge in [0.1, 0.15) is 6.33 Å². The van der Waals surface area contributed by atoms with Crippen LogP contribution in [0.5, 0.6) is 0 Å². The molecule has 3 aromatic heterocycles. The van der Waals surface area contributed by atoms with Crippen LogP contribution in [0.4, 0.5) is 4.79 Å². The zero-order valence-electron chi connectivity index (χ0n) is 13.8. The smallest absolute Gasteiger partial charge is 0.404 e. The van der Waals surface area contributed by atoms with Crippen molar-refractivity contribution in [1.29, 1.82) is 0 Å². The third-order valence-electron chi connectivity index (χ3n) is 5.01. The van der Waals surface area contributed by atoms with Gasteiger partial charge in [-0.1, -0.05) is 0 Å². The van der Waals surface area contributed by atoms with E-state index >= 15 is 0 Å². The summed E-state index contributed by atoms with van der Waals surface area (Å²) in [6, 6.07) is 0.458. The van der Waals surface area contributed by atoms with Crippen molar-refractivity contribution in [3.8, 4) is 0 Å². The molecule has 0 bridgehead atoms. The Hall–Kier alpha value is -2.68. The van der Waals surface area contributed by atoms with Gasteiger partial charge in [0.25, 0.3) is 0 Å². The van der Waals surface area contributed by atoms with Crippen molar-refractivity contribution in [2.24, 2.45) is 5.92 Å². The second-order valence-corrected chi connectivity index (χ2v) is 6.61. The summed E-state index contributed by atoms with van der Waals surface area (Å²) in [5.41, 5.74) is 3.71. The van der Waals surface area contributed by atoms with Gasteiger partial charge in [-0.3, -0.25) is 4.40 Å². The Morgan fingerprint density at radius 1 is 1.36 bits per heavy atom. The fraction of sp³-hybridized carbons (Fsp3) is 0.500. The van der Waals surface area contributed by atoms with Crippen LogP contribution in [0.2, 0.25) is 0 Å². The summed E-state index contributed by atoms with van der Waals surface area (Å²) in [7, 11) is 0. The molecule has 0 radical (unpaired) electrons. The molecule has 132 valence electrons. The molecular weight excluding hydrogens is 322 g/mol. The molecule has 1 fully saturated rings. The third kappa shape index (κ3) is 3.27. The third-order valence-corrected chi connectivity index (χ3v) is 5.01. The van der Waals surface area contributed by atoms with Crippen LogP contribution in [0.15, 0.2) is 18.7 Å². The first kappa shape index (κ1) is 15.8. The molecule has 0 aromatic carbocycles. The number of carbonyl (C=O) groups is 1. The minimum atomic E-state index is -0.937. The first-order chi connectivity index (χ1) is 12.2. The Labute approximate surface area is 143 Å². The molecule has 1 amide bonds. The topological polar surface area (TPSA) is 120 Å². The predicted molar refractivity (Wildman–Crippen MR) is 91.3 cm³/mol. The number of aromatic amines is 1. The number of rotatable bonds is 5. The van der Waals surface area contributed by atoms with Crippen LogP contribution in [0.1, 0.15) is 31.2 Å². The zero-order valence-corrected chi connectivity index (χ0v) is 13.8. The van der Waals surface area contributed by atoms with Gasteiger partial charge >= 0.3 is 6.09 Å². The van der Waals surface area contributed by atoms with Gasteiger partial charge in [-0.15, -0.1) is 10.2 Å². The fourth-order valence-corrected chi connectivity index (χ4v) is 3.63. The second-order valence-electron chi connectivity index (χ2n) is 6.61. The number of amides is 1. The molecule has 4 rings (SSSR count). The minimum Gasteiger partial charge on any atom is -0.465 e. The highest BCUT2D eigenvalue weighted by Crippen LogP contribution is 2.24. The Kier molecular flexibility index (Phi) is 4.22. The van der Waals surface area contributed by atoms with E-state index in [2.05, 4.69) is 30.8 Å². The van der Waals surface area contributed by atoms with Crippen molar-refractivity contribution in [3.05, 3.63) is 24.3 Å². The molecule has 0 unspecified atom stereocenters. The van der Waals surface area contributed by atoms with Gasteiger partial charge in [-0.25, -0.2) is 9.78 Å². The standard InChI is InChI=1S/C16H21N7O2/c24-16(25)20-5-10-1-3-12(4-2-10)17-6-11-7-18-15-14(11)23-9-21-22-13(23)8-19-15/h7-10,12,17-18,20H,1-6H2,(H,24,25). The summed E-state index contributed by atoms with van der Waals surface area (Å²) in [6.45, 7) is 1.31. The number of aromatic nitrogens is 5. The molecule has 9 nitrogen and oxygen atoms in total. The average Bonchev–Trinajstić information content (AvgIpc) is 3.25. The Morgan fingerprint density at radius 3 is 3.00 bits per heavy atom. The summed E-state index contributed by atoms with van der Waals surface area (Å²) in [5, 5.41) is 22.8. The van der Waals surface area contributed by atoms with E-state index in [9.17, 15) is 4.79 Å². The molecule has 9 heteroatoms. The number of hydrogen-bond acceptors (Lipinski definition) is 5. The van der Waals surface area contributed by atoms with Crippen molar-refractivity contribution < 1.29 is 9.90 Å². The first-order valence-corrected chi connectivity index (χ1v) is 8.55. The Bertz CT molecular complexity index is 879. The molecule has 0 spiro atoms. The van der Waals surface area contributed by atoms with Crippen LogP contribution in [-0.4, -0.2) is 48.4 Å². The monoisotopic (exact) mass is 343 g/mol. The lowest BCUT2D eigenvalue weighted by molar-refractivity contribution is 0.189. The van der Waals surface area contributed by atoms with Gasteiger partial charge in [0.05, 0.1) is 11.7 Å². The van der Waals surface area contributed by atoms with Crippen molar-refractivity contribution in [2.75, 3.05) is 6.54 Å². The number of H-pyrrole nitrogens is 1. The highest BCUT2D eigenvalue weighted by Gasteiger charge is 2.21. The van der Waals surface area contributed by atoms with Crippen molar-refractivity contribution in [1.82, 2.24) is 35.2 Å². The number of nitrogens with zero attached hydrogens (tertiary/aromatic N) is 4. The van der Waals surface area contributed by atoms with Crippen LogP contribution in [-0.2, 0) is 6.54 Å². The summed E-state index contributed by atoms with van der Waals surface area (Å²) in [6.07, 6.45) is 8.67. The summed E-state index contributed by atoms with van der Waals surface area (Å²) >= 11 is 0. The number of fused-ring (bicyclic) bond motifs is 3. The fourth-order valence-electron chi connectivity index (χ4n) is 3.63. The van der Waals surface area contributed by atoms with Crippen LogP contribution < -0.4 is 10.6 Å². The van der Waals surface area contributed by atoms with Gasteiger partial charge in [-0.05, 0) is 31.6 Å². The Balaban J connectivity index is 1.37. The van der Waals surface area contributed by atoms with Crippen molar-refractivity contribution >= 4 is 22.9 Å². The van der Waals surface area contributed by atoms with Crippen LogP contribution in [0.3, 0.4) is 0 Å². The van der Waals surface area contributed by atoms with E-state index < -0.39 is 6.09 Å². The molecule has 1 saturated carbocycles. The quantitative estimate of drug-likeness (QED) is 0.557. The summed E-state index contributed by atoms with van der Waals surface area (Å²) < 4.78 is 1.95. The molecule has 0 aliphatic heterocycles. The largest absolute Gasteiger partial charge is 0.465 e. The molecule has 0 saturated heterocycles. The lowest BCUT2D eigenvalue weighted by Crippen LogP contribution is -2.36. The molecule has 1 aliphatic carbocycles. The van der Waals surface area contributed by atoms with Gasteiger partial charge < -0.3 is 20.7 Å². The average molecular weight is 343 g/mol.